The lowest BCUT2D eigenvalue weighted by Gasteiger charge is -2.27. The standard InChI is InChI=1S/C16H28N2O2/c1-5-13-9-10-14(18-12-13)11-15(17-6-2)16(19-7-3)20-8-4/h9-10,12,15-17H,5-8,11H2,1-4H3. The summed E-state index contributed by atoms with van der Waals surface area (Å²) < 4.78 is 11.4. The third kappa shape index (κ3) is 5.57. The Balaban J connectivity index is 2.72. The molecule has 1 heterocycles. The van der Waals surface area contributed by atoms with Gasteiger partial charge in [0.2, 0.25) is 0 Å². The Morgan fingerprint density at radius 1 is 1.10 bits per heavy atom. The van der Waals surface area contributed by atoms with Crippen LogP contribution in [-0.2, 0) is 22.3 Å². The molecule has 0 aromatic carbocycles. The summed E-state index contributed by atoms with van der Waals surface area (Å²) in [6, 6.07) is 4.36. The molecule has 0 aliphatic carbocycles. The van der Waals surface area contributed by atoms with Gasteiger partial charge in [0.1, 0.15) is 0 Å². The fourth-order valence-corrected chi connectivity index (χ4v) is 2.15. The summed E-state index contributed by atoms with van der Waals surface area (Å²) in [5.41, 5.74) is 2.33. The van der Waals surface area contributed by atoms with E-state index in [2.05, 4.69) is 36.3 Å². The number of rotatable bonds is 10. The third-order valence-corrected chi connectivity index (χ3v) is 3.18. The Hall–Kier alpha value is -0.970. The average molecular weight is 280 g/mol. The summed E-state index contributed by atoms with van der Waals surface area (Å²) in [5.74, 6) is 0. The second-order valence-corrected chi connectivity index (χ2v) is 4.66. The molecule has 1 N–H and O–H groups in total. The number of aryl methyl sites for hydroxylation is 1. The van der Waals surface area contributed by atoms with Crippen LogP contribution in [0.4, 0.5) is 0 Å². The van der Waals surface area contributed by atoms with Gasteiger partial charge in [0.15, 0.2) is 6.29 Å². The summed E-state index contributed by atoms with van der Waals surface area (Å²) in [5, 5.41) is 3.44. The molecule has 0 fully saturated rings. The zero-order valence-corrected chi connectivity index (χ0v) is 13.2. The van der Waals surface area contributed by atoms with Crippen LogP contribution in [0.5, 0.6) is 0 Å². The number of hydrogen-bond donors (Lipinski definition) is 1. The minimum Gasteiger partial charge on any atom is -0.351 e. The van der Waals surface area contributed by atoms with E-state index in [0.717, 1.165) is 25.1 Å². The Kier molecular flexibility index (Phi) is 8.42. The van der Waals surface area contributed by atoms with Crippen LogP contribution in [0.15, 0.2) is 18.3 Å². The van der Waals surface area contributed by atoms with Crippen molar-refractivity contribution < 1.29 is 9.47 Å². The van der Waals surface area contributed by atoms with Crippen molar-refractivity contribution >= 4 is 0 Å². The molecule has 0 radical (unpaired) electrons. The monoisotopic (exact) mass is 280 g/mol. The van der Waals surface area contributed by atoms with Gasteiger partial charge in [-0.2, -0.15) is 0 Å². The topological polar surface area (TPSA) is 43.4 Å². The number of pyridine rings is 1. The number of aromatic nitrogens is 1. The van der Waals surface area contributed by atoms with Crippen LogP contribution >= 0.6 is 0 Å². The molecule has 1 aromatic heterocycles. The molecular formula is C16H28N2O2. The van der Waals surface area contributed by atoms with Crippen LogP contribution in [-0.4, -0.2) is 37.1 Å². The maximum Gasteiger partial charge on any atom is 0.173 e. The molecule has 0 aliphatic heterocycles. The molecule has 1 rings (SSSR count). The van der Waals surface area contributed by atoms with Gasteiger partial charge in [-0.25, -0.2) is 0 Å². The second kappa shape index (κ2) is 9.86. The van der Waals surface area contributed by atoms with Crippen molar-refractivity contribution in [2.24, 2.45) is 0 Å². The predicted molar refractivity (Wildman–Crippen MR) is 81.8 cm³/mol. The highest BCUT2D eigenvalue weighted by molar-refractivity contribution is 5.14. The zero-order valence-electron chi connectivity index (χ0n) is 13.2. The summed E-state index contributed by atoms with van der Waals surface area (Å²) in [4.78, 5) is 4.52. The minimum absolute atomic E-state index is 0.125. The second-order valence-electron chi connectivity index (χ2n) is 4.66. The molecule has 1 atom stereocenters. The fraction of sp³-hybridized carbons (Fsp3) is 0.688. The number of nitrogens with one attached hydrogen (secondary N) is 1. The first kappa shape index (κ1) is 17.1. The Morgan fingerprint density at radius 2 is 1.80 bits per heavy atom. The van der Waals surface area contributed by atoms with Gasteiger partial charge >= 0.3 is 0 Å². The summed E-state index contributed by atoms with van der Waals surface area (Å²) in [6.07, 6.45) is 3.55. The smallest absolute Gasteiger partial charge is 0.173 e. The van der Waals surface area contributed by atoms with E-state index in [1.54, 1.807) is 0 Å². The highest BCUT2D eigenvalue weighted by Crippen LogP contribution is 2.10. The molecule has 1 aromatic rings. The molecule has 114 valence electrons. The number of nitrogens with zero attached hydrogens (tertiary/aromatic N) is 1. The molecule has 0 spiro atoms. The quantitative estimate of drug-likeness (QED) is 0.669. The van der Waals surface area contributed by atoms with Gasteiger partial charge in [-0.05, 0) is 38.4 Å². The predicted octanol–water partition coefficient (Wildman–Crippen LogP) is 2.56. The zero-order chi connectivity index (χ0) is 14.8. The van der Waals surface area contributed by atoms with Gasteiger partial charge in [-0.3, -0.25) is 4.98 Å². The molecule has 1 unspecified atom stereocenters. The first-order valence-corrected chi connectivity index (χ1v) is 7.65. The van der Waals surface area contributed by atoms with Crippen molar-refractivity contribution in [1.82, 2.24) is 10.3 Å². The first-order chi connectivity index (χ1) is 9.74. The van der Waals surface area contributed by atoms with E-state index in [1.807, 2.05) is 20.0 Å². The maximum atomic E-state index is 5.70. The molecule has 0 saturated heterocycles. The molecular weight excluding hydrogens is 252 g/mol. The lowest BCUT2D eigenvalue weighted by atomic mass is 10.1. The lowest BCUT2D eigenvalue weighted by Crippen LogP contribution is -2.44. The molecule has 0 bridgehead atoms. The lowest BCUT2D eigenvalue weighted by molar-refractivity contribution is -0.153. The van der Waals surface area contributed by atoms with Crippen LogP contribution in [0.1, 0.15) is 39.0 Å². The number of ether oxygens (including phenoxy) is 2. The van der Waals surface area contributed by atoms with Crippen molar-refractivity contribution in [3.63, 3.8) is 0 Å². The molecule has 4 nitrogen and oxygen atoms in total. The highest BCUT2D eigenvalue weighted by Gasteiger charge is 2.22. The Morgan fingerprint density at radius 3 is 2.25 bits per heavy atom. The van der Waals surface area contributed by atoms with Gasteiger partial charge in [0.25, 0.3) is 0 Å². The number of likely N-dealkylation sites (N-methyl/N-ethyl adjacent to an activating group) is 1. The minimum atomic E-state index is -0.224. The molecule has 20 heavy (non-hydrogen) atoms. The van der Waals surface area contributed by atoms with Gasteiger partial charge < -0.3 is 14.8 Å². The van der Waals surface area contributed by atoms with Gasteiger partial charge in [0.05, 0.1) is 6.04 Å². The van der Waals surface area contributed by atoms with Crippen molar-refractivity contribution in [1.29, 1.82) is 0 Å². The van der Waals surface area contributed by atoms with Crippen molar-refractivity contribution in [2.45, 2.75) is 52.9 Å². The molecule has 0 aliphatic rings. The van der Waals surface area contributed by atoms with Gasteiger partial charge in [-0.15, -0.1) is 0 Å². The molecule has 0 amide bonds. The van der Waals surface area contributed by atoms with E-state index in [0.29, 0.717) is 13.2 Å². The maximum absolute atomic E-state index is 5.70. The van der Waals surface area contributed by atoms with E-state index in [1.165, 1.54) is 5.56 Å². The SMILES string of the molecule is CCNC(Cc1ccc(CC)cn1)C(OCC)OCC. The van der Waals surface area contributed by atoms with Crippen LogP contribution < -0.4 is 5.32 Å². The summed E-state index contributed by atoms with van der Waals surface area (Å²) in [7, 11) is 0. The van der Waals surface area contributed by atoms with E-state index in [-0.39, 0.29) is 12.3 Å². The summed E-state index contributed by atoms with van der Waals surface area (Å²) >= 11 is 0. The normalized spacial score (nSPS) is 12.8. The van der Waals surface area contributed by atoms with Crippen molar-refractivity contribution in [2.75, 3.05) is 19.8 Å². The van der Waals surface area contributed by atoms with E-state index >= 15 is 0 Å². The third-order valence-electron chi connectivity index (χ3n) is 3.18. The van der Waals surface area contributed by atoms with Crippen LogP contribution in [0.2, 0.25) is 0 Å². The molecule has 0 saturated carbocycles. The largest absolute Gasteiger partial charge is 0.351 e. The highest BCUT2D eigenvalue weighted by atomic mass is 16.7. The van der Waals surface area contributed by atoms with Crippen LogP contribution in [0.3, 0.4) is 0 Å². The average Bonchev–Trinajstić information content (AvgIpc) is 2.47. The van der Waals surface area contributed by atoms with Crippen LogP contribution in [0.25, 0.3) is 0 Å². The van der Waals surface area contributed by atoms with E-state index < -0.39 is 0 Å². The van der Waals surface area contributed by atoms with E-state index in [4.69, 9.17) is 9.47 Å². The van der Waals surface area contributed by atoms with Crippen LogP contribution in [0, 0.1) is 0 Å². The molecule has 4 heteroatoms. The van der Waals surface area contributed by atoms with Gasteiger partial charge in [0, 0.05) is 31.5 Å². The fourth-order valence-electron chi connectivity index (χ4n) is 2.15. The number of hydrogen-bond acceptors (Lipinski definition) is 4. The van der Waals surface area contributed by atoms with Gasteiger partial charge in [-0.1, -0.05) is 19.9 Å². The Labute approximate surface area is 122 Å². The first-order valence-electron chi connectivity index (χ1n) is 7.65. The van der Waals surface area contributed by atoms with E-state index in [9.17, 15) is 0 Å². The summed E-state index contributed by atoms with van der Waals surface area (Å²) in [6.45, 7) is 10.4. The Bertz CT molecular complexity index is 348. The van der Waals surface area contributed by atoms with Crippen molar-refractivity contribution in [3.05, 3.63) is 29.6 Å². The van der Waals surface area contributed by atoms with Crippen molar-refractivity contribution in [3.8, 4) is 0 Å².